The van der Waals surface area contributed by atoms with E-state index in [0.717, 1.165) is 29.3 Å². The lowest BCUT2D eigenvalue weighted by molar-refractivity contribution is 0.0593. The second kappa shape index (κ2) is 6.60. The number of hydrogen-bond acceptors (Lipinski definition) is 5. The van der Waals surface area contributed by atoms with Crippen molar-refractivity contribution < 1.29 is 9.53 Å². The first-order valence-corrected chi connectivity index (χ1v) is 8.66. The fraction of sp³-hybridized carbons (Fsp3) is 0.300. The molecule has 0 atom stereocenters. The van der Waals surface area contributed by atoms with E-state index >= 15 is 0 Å². The third-order valence-corrected chi connectivity index (χ3v) is 5.01. The topological polar surface area (TPSA) is 80.8 Å². The second-order valence-corrected chi connectivity index (χ2v) is 6.51. The van der Waals surface area contributed by atoms with Crippen LogP contribution in [0.2, 0.25) is 0 Å². The summed E-state index contributed by atoms with van der Waals surface area (Å²) in [5.74, 6) is -0.514. The first-order valence-electron chi connectivity index (χ1n) is 8.66. The van der Waals surface area contributed by atoms with E-state index < -0.39 is 5.97 Å². The van der Waals surface area contributed by atoms with Crippen LogP contribution in [0.25, 0.3) is 22.2 Å². The van der Waals surface area contributed by atoms with Crippen LogP contribution in [0.5, 0.6) is 0 Å². The lowest BCUT2D eigenvalue weighted by atomic mass is 10.1. The van der Waals surface area contributed by atoms with Gasteiger partial charge < -0.3 is 9.30 Å². The van der Waals surface area contributed by atoms with Crippen LogP contribution in [0.15, 0.2) is 36.8 Å². The Balaban J connectivity index is 1.75. The molecule has 6 heteroatoms. The number of benzene rings is 1. The Kier molecular flexibility index (Phi) is 4.13. The van der Waals surface area contributed by atoms with Crippen molar-refractivity contribution in [2.45, 2.75) is 31.7 Å². The summed E-state index contributed by atoms with van der Waals surface area (Å²) in [6, 6.07) is 8.78. The summed E-state index contributed by atoms with van der Waals surface area (Å²) in [4.78, 5) is 19.9. The molecule has 1 aromatic carbocycles. The minimum atomic E-state index is -0.514. The molecule has 130 valence electrons. The highest BCUT2D eigenvalue weighted by molar-refractivity contribution is 5.90. The molecule has 0 aliphatic heterocycles. The number of nitriles is 1. The molecule has 0 N–H and O–H groups in total. The minimum absolute atomic E-state index is 0.169. The van der Waals surface area contributed by atoms with E-state index in [-0.39, 0.29) is 5.69 Å². The summed E-state index contributed by atoms with van der Waals surface area (Å²) in [6.45, 7) is 0. The molecule has 1 aliphatic carbocycles. The number of carbonyl (C=O) groups excluding carboxylic acids is 1. The molecule has 1 saturated carbocycles. The van der Waals surface area contributed by atoms with Gasteiger partial charge in [0.05, 0.1) is 30.8 Å². The molecule has 2 aromatic heterocycles. The molecule has 1 fully saturated rings. The largest absolute Gasteiger partial charge is 0.464 e. The van der Waals surface area contributed by atoms with E-state index in [2.05, 4.69) is 25.3 Å². The van der Waals surface area contributed by atoms with Gasteiger partial charge in [-0.15, -0.1) is 0 Å². The zero-order valence-corrected chi connectivity index (χ0v) is 14.5. The van der Waals surface area contributed by atoms with Crippen molar-refractivity contribution in [3.05, 3.63) is 48.0 Å². The van der Waals surface area contributed by atoms with Gasteiger partial charge in [0.2, 0.25) is 0 Å². The molecule has 3 aromatic rings. The number of nitrogens with zero attached hydrogens (tertiary/aromatic N) is 4. The Morgan fingerprint density at radius 1 is 1.27 bits per heavy atom. The van der Waals surface area contributed by atoms with Gasteiger partial charge in [-0.05, 0) is 25.0 Å². The lowest BCUT2D eigenvalue weighted by Gasteiger charge is -2.13. The highest BCUT2D eigenvalue weighted by Crippen LogP contribution is 2.35. The third kappa shape index (κ3) is 2.72. The van der Waals surface area contributed by atoms with Crippen molar-refractivity contribution in [3.8, 4) is 17.3 Å². The van der Waals surface area contributed by atoms with Gasteiger partial charge in [0.25, 0.3) is 0 Å². The lowest BCUT2D eigenvalue weighted by Crippen LogP contribution is -2.04. The summed E-state index contributed by atoms with van der Waals surface area (Å²) >= 11 is 0. The maximum absolute atomic E-state index is 11.5. The molecule has 0 amide bonds. The molecule has 0 radical (unpaired) electrons. The summed E-state index contributed by atoms with van der Waals surface area (Å²) in [6.07, 6.45) is 9.73. The molecule has 6 nitrogen and oxygen atoms in total. The van der Waals surface area contributed by atoms with Gasteiger partial charge in [-0.25, -0.2) is 9.78 Å². The van der Waals surface area contributed by atoms with Crippen LogP contribution in [0.4, 0.5) is 0 Å². The molecule has 1 aliphatic rings. The van der Waals surface area contributed by atoms with Crippen LogP contribution in [0.1, 0.15) is 47.8 Å². The highest BCUT2D eigenvalue weighted by Gasteiger charge is 2.20. The van der Waals surface area contributed by atoms with Crippen LogP contribution >= 0.6 is 0 Å². The zero-order valence-electron chi connectivity index (χ0n) is 14.5. The number of methoxy groups -OCH3 is 1. The normalized spacial score (nSPS) is 14.5. The van der Waals surface area contributed by atoms with Gasteiger partial charge in [0.1, 0.15) is 6.07 Å². The summed E-state index contributed by atoms with van der Waals surface area (Å²) < 4.78 is 6.89. The van der Waals surface area contributed by atoms with E-state index in [1.165, 1.54) is 26.1 Å². The van der Waals surface area contributed by atoms with E-state index in [9.17, 15) is 10.1 Å². The average Bonchev–Trinajstić information content (AvgIpc) is 3.34. The Bertz CT molecular complexity index is 1010. The number of esters is 1. The van der Waals surface area contributed by atoms with Crippen molar-refractivity contribution in [1.82, 2.24) is 14.5 Å². The number of aromatic nitrogens is 3. The molecule has 0 bridgehead atoms. The molecule has 0 saturated heterocycles. The molecule has 4 rings (SSSR count). The Labute approximate surface area is 151 Å². The quantitative estimate of drug-likeness (QED) is 0.672. The van der Waals surface area contributed by atoms with E-state index in [0.29, 0.717) is 17.3 Å². The smallest absolute Gasteiger partial charge is 0.358 e. The van der Waals surface area contributed by atoms with E-state index in [1.807, 2.05) is 24.4 Å². The predicted molar refractivity (Wildman–Crippen MR) is 96.5 cm³/mol. The van der Waals surface area contributed by atoms with Crippen molar-refractivity contribution in [2.75, 3.05) is 7.11 Å². The maximum Gasteiger partial charge on any atom is 0.358 e. The van der Waals surface area contributed by atoms with Crippen molar-refractivity contribution in [3.63, 3.8) is 0 Å². The highest BCUT2D eigenvalue weighted by atomic mass is 16.5. The molecule has 2 heterocycles. The van der Waals surface area contributed by atoms with Gasteiger partial charge in [-0.1, -0.05) is 18.9 Å². The van der Waals surface area contributed by atoms with Crippen LogP contribution in [-0.4, -0.2) is 27.6 Å². The minimum Gasteiger partial charge on any atom is -0.464 e. The fourth-order valence-electron chi connectivity index (χ4n) is 3.68. The Morgan fingerprint density at radius 3 is 2.73 bits per heavy atom. The molecule has 0 spiro atoms. The number of fused-ring (bicyclic) bond motifs is 1. The van der Waals surface area contributed by atoms with Crippen molar-refractivity contribution in [1.29, 1.82) is 5.26 Å². The Hall–Kier alpha value is -3.20. The van der Waals surface area contributed by atoms with Gasteiger partial charge in [0.15, 0.2) is 5.69 Å². The van der Waals surface area contributed by atoms with E-state index in [4.69, 9.17) is 0 Å². The van der Waals surface area contributed by atoms with Gasteiger partial charge in [-0.3, -0.25) is 4.98 Å². The second-order valence-electron chi connectivity index (χ2n) is 6.51. The molecular weight excluding hydrogens is 328 g/mol. The summed E-state index contributed by atoms with van der Waals surface area (Å²) in [7, 11) is 1.31. The molecule has 0 unspecified atom stereocenters. The van der Waals surface area contributed by atoms with Gasteiger partial charge in [0, 0.05) is 28.7 Å². The average molecular weight is 346 g/mol. The third-order valence-electron chi connectivity index (χ3n) is 5.01. The van der Waals surface area contributed by atoms with Gasteiger partial charge >= 0.3 is 5.97 Å². The van der Waals surface area contributed by atoms with Crippen LogP contribution in [-0.2, 0) is 4.74 Å². The van der Waals surface area contributed by atoms with E-state index in [1.54, 1.807) is 6.20 Å². The number of carbonyl (C=O) groups is 1. The maximum atomic E-state index is 11.5. The molecule has 26 heavy (non-hydrogen) atoms. The van der Waals surface area contributed by atoms with Crippen molar-refractivity contribution in [2.24, 2.45) is 0 Å². The monoisotopic (exact) mass is 346 g/mol. The standard InChI is InChI=1S/C20H18N4O2/c1-26-20(25)18-11-22-17(10-23-18)13-6-7-19-16(8-13)14(9-21)12-24(19)15-4-2-3-5-15/h6-8,10-12,15H,2-5H2,1H3. The predicted octanol–water partition coefficient (Wildman–Crippen LogP) is 3.87. The van der Waals surface area contributed by atoms with Crippen LogP contribution in [0.3, 0.4) is 0 Å². The van der Waals surface area contributed by atoms with Crippen LogP contribution in [0, 0.1) is 11.3 Å². The number of hydrogen-bond donors (Lipinski definition) is 0. The van der Waals surface area contributed by atoms with Crippen molar-refractivity contribution >= 4 is 16.9 Å². The van der Waals surface area contributed by atoms with Gasteiger partial charge in [-0.2, -0.15) is 5.26 Å². The fourth-order valence-corrected chi connectivity index (χ4v) is 3.68. The summed E-state index contributed by atoms with van der Waals surface area (Å²) in [5, 5.41) is 10.5. The first kappa shape index (κ1) is 16.3. The number of rotatable bonds is 3. The SMILES string of the molecule is COC(=O)c1cnc(-c2ccc3c(c2)c(C#N)cn3C2CCCC2)cn1. The summed E-state index contributed by atoms with van der Waals surface area (Å²) in [5.41, 5.74) is 3.44. The van der Waals surface area contributed by atoms with Crippen LogP contribution < -0.4 is 0 Å². The molecular formula is C20H18N4O2. The Morgan fingerprint density at radius 2 is 2.08 bits per heavy atom. The number of ether oxygens (including phenoxy) is 1. The zero-order chi connectivity index (χ0) is 18.1. The first-order chi connectivity index (χ1) is 12.7.